The van der Waals surface area contributed by atoms with Gasteiger partial charge >= 0.3 is 5.97 Å². The summed E-state index contributed by atoms with van der Waals surface area (Å²) < 4.78 is 0. The van der Waals surface area contributed by atoms with Gasteiger partial charge in [-0.15, -0.1) is 0 Å². The summed E-state index contributed by atoms with van der Waals surface area (Å²) in [6.45, 7) is 0.547. The first kappa shape index (κ1) is 14.5. The van der Waals surface area contributed by atoms with E-state index in [0.717, 1.165) is 19.3 Å². The minimum Gasteiger partial charge on any atom is -0.478 e. The fraction of sp³-hybridized carbons (Fsp3) is 0.467. The Kier molecular flexibility index (Phi) is 4.74. The lowest BCUT2D eigenvalue weighted by Gasteiger charge is -2.11. The predicted octanol–water partition coefficient (Wildman–Crippen LogP) is 1.20. The van der Waals surface area contributed by atoms with Gasteiger partial charge in [-0.25, -0.2) is 4.79 Å². The highest BCUT2D eigenvalue weighted by Gasteiger charge is 2.23. The molecule has 0 spiro atoms. The molecule has 0 heterocycles. The Labute approximate surface area is 117 Å². The van der Waals surface area contributed by atoms with E-state index in [1.54, 1.807) is 18.2 Å². The molecule has 2 atom stereocenters. The lowest BCUT2D eigenvalue weighted by Crippen LogP contribution is -2.30. The SMILES string of the molecule is O=C(Cc1ccccc1C(=O)O)NCC1CCC(O)C1. The largest absolute Gasteiger partial charge is 0.478 e. The fourth-order valence-electron chi connectivity index (χ4n) is 2.61. The first-order valence-corrected chi connectivity index (χ1v) is 6.82. The van der Waals surface area contributed by atoms with Gasteiger partial charge in [-0.2, -0.15) is 0 Å². The smallest absolute Gasteiger partial charge is 0.335 e. The van der Waals surface area contributed by atoms with Crippen LogP contribution in [-0.4, -0.2) is 34.7 Å². The first-order chi connectivity index (χ1) is 9.56. The van der Waals surface area contributed by atoms with Crippen LogP contribution in [0.25, 0.3) is 0 Å². The number of carbonyl (C=O) groups is 2. The normalized spacial score (nSPS) is 21.6. The van der Waals surface area contributed by atoms with Gasteiger partial charge in [0.1, 0.15) is 0 Å². The van der Waals surface area contributed by atoms with Crippen molar-refractivity contribution in [1.29, 1.82) is 0 Å². The highest BCUT2D eigenvalue weighted by molar-refractivity contribution is 5.91. The number of aliphatic hydroxyl groups excluding tert-OH is 1. The zero-order valence-corrected chi connectivity index (χ0v) is 11.2. The van der Waals surface area contributed by atoms with E-state index in [0.29, 0.717) is 18.0 Å². The average Bonchev–Trinajstić information content (AvgIpc) is 2.83. The number of hydrogen-bond acceptors (Lipinski definition) is 3. The second-order valence-electron chi connectivity index (χ2n) is 5.28. The van der Waals surface area contributed by atoms with Crippen LogP contribution in [0, 0.1) is 5.92 Å². The summed E-state index contributed by atoms with van der Waals surface area (Å²) in [6, 6.07) is 6.52. The van der Waals surface area contributed by atoms with Gasteiger partial charge in [0.05, 0.1) is 18.1 Å². The van der Waals surface area contributed by atoms with Gasteiger partial charge in [-0.05, 0) is 36.8 Å². The molecule has 2 rings (SSSR count). The summed E-state index contributed by atoms with van der Waals surface area (Å²) in [5, 5.41) is 21.3. The van der Waals surface area contributed by atoms with Crippen LogP contribution in [0.15, 0.2) is 24.3 Å². The Hall–Kier alpha value is -1.88. The Morgan fingerprint density at radius 3 is 2.65 bits per heavy atom. The van der Waals surface area contributed by atoms with E-state index in [1.807, 2.05) is 0 Å². The maximum absolute atomic E-state index is 11.9. The summed E-state index contributed by atoms with van der Waals surface area (Å²) in [4.78, 5) is 22.9. The molecule has 1 aromatic carbocycles. The topological polar surface area (TPSA) is 86.6 Å². The summed E-state index contributed by atoms with van der Waals surface area (Å²) in [7, 11) is 0. The zero-order chi connectivity index (χ0) is 14.5. The standard InChI is InChI=1S/C15H19NO4/c17-12-6-5-10(7-12)9-16-14(18)8-11-3-1-2-4-13(11)15(19)20/h1-4,10,12,17H,5-9H2,(H,16,18)(H,19,20). The molecule has 0 radical (unpaired) electrons. The fourth-order valence-corrected chi connectivity index (χ4v) is 2.61. The number of carboxylic acid groups (broad SMARTS) is 1. The molecule has 1 aliphatic carbocycles. The van der Waals surface area contributed by atoms with E-state index < -0.39 is 5.97 Å². The number of aromatic carboxylic acids is 1. The van der Waals surface area contributed by atoms with Crippen LogP contribution in [0.1, 0.15) is 35.2 Å². The minimum atomic E-state index is -1.02. The molecule has 1 amide bonds. The molecule has 0 aliphatic heterocycles. The molecule has 0 aromatic heterocycles. The second kappa shape index (κ2) is 6.52. The van der Waals surface area contributed by atoms with Crippen molar-refractivity contribution >= 4 is 11.9 Å². The van der Waals surface area contributed by atoms with E-state index in [1.165, 1.54) is 6.07 Å². The Morgan fingerprint density at radius 1 is 1.25 bits per heavy atom. The van der Waals surface area contributed by atoms with Crippen LogP contribution >= 0.6 is 0 Å². The van der Waals surface area contributed by atoms with E-state index in [-0.39, 0.29) is 24.0 Å². The van der Waals surface area contributed by atoms with Gasteiger partial charge in [-0.1, -0.05) is 18.2 Å². The highest BCUT2D eigenvalue weighted by Crippen LogP contribution is 2.24. The van der Waals surface area contributed by atoms with Crippen LogP contribution in [0.4, 0.5) is 0 Å². The van der Waals surface area contributed by atoms with Gasteiger partial charge in [0.25, 0.3) is 0 Å². The number of carbonyl (C=O) groups excluding carboxylic acids is 1. The molecule has 2 unspecified atom stereocenters. The van der Waals surface area contributed by atoms with Crippen LogP contribution in [0.2, 0.25) is 0 Å². The van der Waals surface area contributed by atoms with E-state index in [9.17, 15) is 14.7 Å². The molecule has 1 fully saturated rings. The third-order valence-electron chi connectivity index (χ3n) is 3.70. The summed E-state index contributed by atoms with van der Waals surface area (Å²) >= 11 is 0. The minimum absolute atomic E-state index is 0.0672. The number of aliphatic hydroxyl groups is 1. The van der Waals surface area contributed by atoms with Crippen molar-refractivity contribution in [3.05, 3.63) is 35.4 Å². The van der Waals surface area contributed by atoms with Gasteiger partial charge in [0.2, 0.25) is 5.91 Å². The molecule has 5 nitrogen and oxygen atoms in total. The van der Waals surface area contributed by atoms with E-state index in [2.05, 4.69) is 5.32 Å². The monoisotopic (exact) mass is 277 g/mol. The van der Waals surface area contributed by atoms with Gasteiger partial charge < -0.3 is 15.5 Å². The zero-order valence-electron chi connectivity index (χ0n) is 11.2. The van der Waals surface area contributed by atoms with Gasteiger partial charge in [0, 0.05) is 6.54 Å². The highest BCUT2D eigenvalue weighted by atomic mass is 16.4. The molecule has 3 N–H and O–H groups in total. The summed E-state index contributed by atoms with van der Waals surface area (Å²) in [5.41, 5.74) is 0.683. The molecule has 0 bridgehead atoms. The lowest BCUT2D eigenvalue weighted by atomic mass is 10.0. The van der Waals surface area contributed by atoms with Crippen LogP contribution in [-0.2, 0) is 11.2 Å². The van der Waals surface area contributed by atoms with Crippen molar-refractivity contribution in [2.75, 3.05) is 6.54 Å². The summed E-state index contributed by atoms with van der Waals surface area (Å²) in [6.07, 6.45) is 2.27. The molecule has 108 valence electrons. The first-order valence-electron chi connectivity index (χ1n) is 6.82. The van der Waals surface area contributed by atoms with E-state index >= 15 is 0 Å². The predicted molar refractivity (Wildman–Crippen MR) is 73.5 cm³/mol. The van der Waals surface area contributed by atoms with Crippen molar-refractivity contribution in [2.24, 2.45) is 5.92 Å². The van der Waals surface area contributed by atoms with Gasteiger partial charge in [0.15, 0.2) is 0 Å². The van der Waals surface area contributed by atoms with Crippen molar-refractivity contribution in [3.63, 3.8) is 0 Å². The number of rotatable bonds is 5. The van der Waals surface area contributed by atoms with Crippen molar-refractivity contribution in [3.8, 4) is 0 Å². The number of amides is 1. The number of carboxylic acids is 1. The van der Waals surface area contributed by atoms with Crippen LogP contribution < -0.4 is 5.32 Å². The molecule has 20 heavy (non-hydrogen) atoms. The quantitative estimate of drug-likeness (QED) is 0.755. The van der Waals surface area contributed by atoms with Crippen molar-refractivity contribution in [1.82, 2.24) is 5.32 Å². The maximum Gasteiger partial charge on any atom is 0.335 e. The van der Waals surface area contributed by atoms with Crippen molar-refractivity contribution < 1.29 is 19.8 Å². The second-order valence-corrected chi connectivity index (χ2v) is 5.28. The number of hydrogen-bond donors (Lipinski definition) is 3. The molecule has 1 aromatic rings. The molecular weight excluding hydrogens is 258 g/mol. The number of nitrogens with one attached hydrogen (secondary N) is 1. The average molecular weight is 277 g/mol. The van der Waals surface area contributed by atoms with Gasteiger partial charge in [-0.3, -0.25) is 4.79 Å². The molecule has 0 saturated heterocycles. The van der Waals surface area contributed by atoms with Crippen LogP contribution in [0.3, 0.4) is 0 Å². The Balaban J connectivity index is 1.87. The van der Waals surface area contributed by atoms with Crippen LogP contribution in [0.5, 0.6) is 0 Å². The Morgan fingerprint density at radius 2 is 2.00 bits per heavy atom. The molecule has 1 saturated carbocycles. The molecular formula is C15H19NO4. The molecule has 1 aliphatic rings. The van der Waals surface area contributed by atoms with E-state index in [4.69, 9.17) is 5.11 Å². The lowest BCUT2D eigenvalue weighted by molar-refractivity contribution is -0.120. The third kappa shape index (κ3) is 3.81. The Bertz CT molecular complexity index is 500. The summed E-state index contributed by atoms with van der Waals surface area (Å²) in [5.74, 6) is -0.879. The molecule has 5 heteroatoms. The van der Waals surface area contributed by atoms with Crippen molar-refractivity contribution in [2.45, 2.75) is 31.8 Å². The maximum atomic E-state index is 11.9. The number of benzene rings is 1. The third-order valence-corrected chi connectivity index (χ3v) is 3.70.